The maximum Gasteiger partial charge on any atom is 0.219 e. The van der Waals surface area contributed by atoms with Gasteiger partial charge < -0.3 is 5.73 Å². The van der Waals surface area contributed by atoms with Crippen molar-refractivity contribution in [3.05, 3.63) is 84.0 Å². The number of hydrogen-bond donors (Lipinski definition) is 2. The van der Waals surface area contributed by atoms with E-state index >= 15 is 0 Å². The fraction of sp³-hybridized carbons (Fsp3) is 0.222. The van der Waals surface area contributed by atoms with E-state index in [1.165, 1.54) is 23.6 Å². The second kappa shape index (κ2) is 12.3. The summed E-state index contributed by atoms with van der Waals surface area (Å²) in [7, 11) is 1.50. The molecule has 0 aliphatic rings. The molecule has 0 amide bonds. The fourth-order valence-electron chi connectivity index (χ4n) is 3.25. The van der Waals surface area contributed by atoms with Crippen molar-refractivity contribution in [1.82, 2.24) is 9.55 Å². The molecule has 0 radical (unpaired) electrons. The van der Waals surface area contributed by atoms with E-state index < -0.39 is 0 Å². The van der Waals surface area contributed by atoms with Gasteiger partial charge in [0.1, 0.15) is 5.49 Å². The number of carbonyl (C=O) groups excluding carboxylic acids is 1. The number of aryl methyl sites for hydroxylation is 1. The molecule has 32 heavy (non-hydrogen) atoms. The highest BCUT2D eigenvalue weighted by Gasteiger charge is 2.13. The molecule has 0 spiro atoms. The number of nitrogens with one attached hydrogen (secondary N) is 1. The van der Waals surface area contributed by atoms with E-state index in [0.717, 1.165) is 28.8 Å². The van der Waals surface area contributed by atoms with Gasteiger partial charge in [-0.2, -0.15) is 0 Å². The van der Waals surface area contributed by atoms with Crippen LogP contribution in [0.3, 0.4) is 0 Å². The molecule has 0 fully saturated rings. The van der Waals surface area contributed by atoms with Crippen LogP contribution in [0.5, 0.6) is 0 Å². The number of rotatable bonds is 4. The number of aromatic nitrogens is 2. The van der Waals surface area contributed by atoms with Gasteiger partial charge in [0.15, 0.2) is 0 Å². The van der Waals surface area contributed by atoms with Gasteiger partial charge in [0, 0.05) is 22.7 Å². The molecule has 4 rings (SSSR count). The van der Waals surface area contributed by atoms with Gasteiger partial charge >= 0.3 is 0 Å². The normalized spacial score (nSPS) is 9.91. The van der Waals surface area contributed by atoms with Crippen LogP contribution in [0.2, 0.25) is 0 Å². The Morgan fingerprint density at radius 1 is 0.938 bits per heavy atom. The lowest BCUT2D eigenvalue weighted by Gasteiger charge is -2.13. The molecule has 0 aliphatic carbocycles. The number of fused-ring (bicyclic) bond motifs is 1. The minimum absolute atomic E-state index is 0.139. The highest BCUT2D eigenvalue weighted by atomic mass is 16.1. The second-order valence-corrected chi connectivity index (χ2v) is 7.12. The molecule has 0 unspecified atom stereocenters. The molecule has 3 N–H and O–H groups in total. The zero-order valence-electron chi connectivity index (χ0n) is 19.3. The molecule has 166 valence electrons. The first kappa shape index (κ1) is 24.7. The summed E-state index contributed by atoms with van der Waals surface area (Å²) in [6.07, 6.45) is 4.46. The third-order valence-electron chi connectivity index (χ3n) is 4.79. The molecule has 2 heterocycles. The van der Waals surface area contributed by atoms with Crippen LogP contribution in [-0.4, -0.2) is 23.0 Å². The van der Waals surface area contributed by atoms with Gasteiger partial charge in [0.2, 0.25) is 6.41 Å². The van der Waals surface area contributed by atoms with E-state index in [4.69, 9.17) is 10.4 Å². The first-order valence-corrected chi connectivity index (χ1v) is 10.9. The summed E-state index contributed by atoms with van der Waals surface area (Å²) in [5.41, 5.74) is 10.5. The first-order chi connectivity index (χ1) is 15.6. The quantitative estimate of drug-likeness (QED) is 0.424. The van der Waals surface area contributed by atoms with E-state index in [-0.39, 0.29) is 5.49 Å². The largest absolute Gasteiger partial charge is 0.333 e. The van der Waals surface area contributed by atoms with Gasteiger partial charge in [0.05, 0.1) is 11.2 Å². The molecule has 0 saturated carbocycles. The van der Waals surface area contributed by atoms with E-state index in [9.17, 15) is 4.79 Å². The van der Waals surface area contributed by atoms with Crippen LogP contribution in [0.15, 0.2) is 72.9 Å². The lowest BCUT2D eigenvalue weighted by Crippen LogP contribution is -2.19. The van der Waals surface area contributed by atoms with Gasteiger partial charge in [-0.3, -0.25) is 14.8 Å². The van der Waals surface area contributed by atoms with Crippen molar-refractivity contribution in [2.45, 2.75) is 33.6 Å². The highest BCUT2D eigenvalue weighted by molar-refractivity contribution is 5.91. The third kappa shape index (κ3) is 5.56. The minimum Gasteiger partial charge on any atom is -0.333 e. The number of nitrogens with zero attached hydrogens (tertiary/aromatic N) is 2. The highest BCUT2D eigenvalue weighted by Crippen LogP contribution is 2.32. The predicted octanol–water partition coefficient (Wildman–Crippen LogP) is 5.44. The van der Waals surface area contributed by atoms with E-state index in [0.29, 0.717) is 17.3 Å². The summed E-state index contributed by atoms with van der Waals surface area (Å²) in [5.74, 6) is 0. The average molecular weight is 429 g/mol. The smallest absolute Gasteiger partial charge is 0.219 e. The van der Waals surface area contributed by atoms with Crippen LogP contribution in [0.25, 0.3) is 33.3 Å². The Kier molecular flexibility index (Phi) is 9.51. The Morgan fingerprint density at radius 2 is 1.56 bits per heavy atom. The van der Waals surface area contributed by atoms with Crippen molar-refractivity contribution in [2.75, 3.05) is 7.05 Å². The molecule has 2 aromatic heterocycles. The van der Waals surface area contributed by atoms with Crippen molar-refractivity contribution in [3.63, 3.8) is 0 Å². The maximum atomic E-state index is 11.2. The summed E-state index contributed by atoms with van der Waals surface area (Å²) in [6.45, 7) is 6.39. The fourth-order valence-corrected chi connectivity index (χ4v) is 3.25. The van der Waals surface area contributed by atoms with Crippen LogP contribution < -0.4 is 11.2 Å². The van der Waals surface area contributed by atoms with E-state index in [1.807, 2.05) is 36.4 Å². The molecule has 0 atom stereocenters. The number of benzene rings is 2. The van der Waals surface area contributed by atoms with Crippen LogP contribution in [0.1, 0.15) is 32.8 Å². The van der Waals surface area contributed by atoms with E-state index in [2.05, 4.69) is 50.8 Å². The molecular weight excluding hydrogens is 396 g/mol. The first-order valence-electron chi connectivity index (χ1n) is 10.9. The summed E-state index contributed by atoms with van der Waals surface area (Å²) >= 11 is 0. The van der Waals surface area contributed by atoms with Crippen LogP contribution in [-0.2, 0) is 11.2 Å². The van der Waals surface area contributed by atoms with Gasteiger partial charge in [0.25, 0.3) is 0 Å². The molecule has 0 aliphatic heterocycles. The monoisotopic (exact) mass is 428 g/mol. The Morgan fingerprint density at radius 3 is 2.12 bits per heavy atom. The summed E-state index contributed by atoms with van der Waals surface area (Å²) in [4.78, 5) is 16.1. The number of pyridine rings is 2. The number of hydrogen-bond acceptors (Lipinski definition) is 4. The lowest BCUT2D eigenvalue weighted by molar-refractivity contribution is 0.545. The van der Waals surface area contributed by atoms with Crippen LogP contribution in [0.4, 0.5) is 0 Å². The van der Waals surface area contributed by atoms with Crippen molar-refractivity contribution in [2.24, 2.45) is 5.73 Å². The Bertz CT molecular complexity index is 1200. The predicted molar refractivity (Wildman–Crippen MR) is 134 cm³/mol. The zero-order chi connectivity index (χ0) is 23.5. The molecule has 4 aromatic rings. The number of nitrogens with two attached hydrogens (primary N) is 1. The minimum atomic E-state index is 0.139. The van der Waals surface area contributed by atoms with Crippen LogP contribution in [0, 0.1) is 5.41 Å². The van der Waals surface area contributed by atoms with Gasteiger partial charge in [-0.05, 0) is 36.7 Å². The van der Waals surface area contributed by atoms with Crippen molar-refractivity contribution in [1.29, 1.82) is 5.41 Å². The lowest BCUT2D eigenvalue weighted by atomic mass is 9.97. The van der Waals surface area contributed by atoms with Crippen molar-refractivity contribution in [3.8, 4) is 22.4 Å². The topological polar surface area (TPSA) is 84.8 Å². The Hall–Kier alpha value is -3.57. The number of carbonyl (C=O) groups is 1. The standard InChI is InChI=1S/C23H19N3O.C3H8.CH5N/c1-2-16-8-10-18(11-9-16)22-19(17-6-4-3-5-7-17)14-20-21(25-22)12-13-26(15-27)23(20)24;1-3-2;1-2/h3-15,24H,2H2,1H3;3H2,1-2H3;2H2,1H3. The van der Waals surface area contributed by atoms with Crippen molar-refractivity contribution >= 4 is 17.3 Å². The Balaban J connectivity index is 0.000000671. The molecule has 5 heteroatoms. The Labute approximate surface area is 190 Å². The van der Waals surface area contributed by atoms with Crippen molar-refractivity contribution < 1.29 is 4.79 Å². The second-order valence-electron chi connectivity index (χ2n) is 7.12. The average Bonchev–Trinajstić information content (AvgIpc) is 2.86. The van der Waals surface area contributed by atoms with Gasteiger partial charge in [-0.1, -0.05) is 81.8 Å². The summed E-state index contributed by atoms with van der Waals surface area (Å²) in [5, 5.41) is 8.97. The summed E-state index contributed by atoms with van der Waals surface area (Å²) in [6, 6.07) is 22.2. The molecular formula is C27H32N4O. The summed E-state index contributed by atoms with van der Waals surface area (Å²) < 4.78 is 1.26. The van der Waals surface area contributed by atoms with E-state index in [1.54, 1.807) is 12.3 Å². The van der Waals surface area contributed by atoms with Crippen LogP contribution >= 0.6 is 0 Å². The maximum absolute atomic E-state index is 11.2. The molecule has 0 bridgehead atoms. The van der Waals surface area contributed by atoms with Gasteiger partial charge in [-0.25, -0.2) is 4.98 Å². The molecule has 0 saturated heterocycles. The zero-order valence-corrected chi connectivity index (χ0v) is 19.3. The molecule has 5 nitrogen and oxygen atoms in total. The third-order valence-corrected chi connectivity index (χ3v) is 4.79. The van der Waals surface area contributed by atoms with Gasteiger partial charge in [-0.15, -0.1) is 0 Å². The SMILES string of the molecule is CCC.CCc1ccc(-c2nc3ccn(C=O)c(=N)c3cc2-c2ccccc2)cc1.CN. The molecule has 2 aromatic carbocycles.